The number of benzene rings is 1. The normalized spacial score (nSPS) is 33.3. The summed E-state index contributed by atoms with van der Waals surface area (Å²) in [6.07, 6.45) is -0.703. The molecule has 0 spiro atoms. The lowest BCUT2D eigenvalue weighted by Crippen LogP contribution is -2.61. The molecule has 3 unspecified atom stereocenters. The topological polar surface area (TPSA) is 87.9 Å². The van der Waals surface area contributed by atoms with E-state index in [1.165, 1.54) is 0 Å². The second-order valence-electron chi connectivity index (χ2n) is 7.01. The molecule has 0 amide bonds. The van der Waals surface area contributed by atoms with Gasteiger partial charge >= 0.3 is 11.9 Å². The third-order valence-corrected chi connectivity index (χ3v) is 6.19. The minimum atomic E-state index is -2.29. The molecule has 5 atom stereocenters. The van der Waals surface area contributed by atoms with E-state index >= 15 is 4.39 Å². The van der Waals surface area contributed by atoms with E-state index in [2.05, 4.69) is 0 Å². The highest BCUT2D eigenvalue weighted by atomic mass is 35.5. The van der Waals surface area contributed by atoms with Gasteiger partial charge in [0.05, 0.1) is 36.0 Å². The Morgan fingerprint density at radius 1 is 1.18 bits per heavy atom. The van der Waals surface area contributed by atoms with Gasteiger partial charge in [-0.05, 0) is 38.0 Å². The van der Waals surface area contributed by atoms with E-state index < -0.39 is 41.1 Å². The maximum atomic E-state index is 15.3. The Morgan fingerprint density at radius 2 is 1.82 bits per heavy atom. The number of hydrogen-bond acceptors (Lipinski definition) is 6. The average molecular weight is 434 g/mol. The summed E-state index contributed by atoms with van der Waals surface area (Å²) in [7, 11) is 0. The second-order valence-corrected chi connectivity index (χ2v) is 7.82. The Labute approximate surface area is 172 Å². The van der Waals surface area contributed by atoms with E-state index in [0.717, 1.165) is 5.56 Å². The van der Waals surface area contributed by atoms with Crippen molar-refractivity contribution in [3.8, 4) is 0 Å². The fourth-order valence-corrected chi connectivity index (χ4v) is 4.43. The van der Waals surface area contributed by atoms with Crippen LogP contribution in [0.3, 0.4) is 0 Å². The summed E-state index contributed by atoms with van der Waals surface area (Å²) in [4.78, 5) is 24.7. The van der Waals surface area contributed by atoms with Crippen LogP contribution in [0, 0.1) is 11.8 Å². The van der Waals surface area contributed by atoms with Gasteiger partial charge in [0.1, 0.15) is 5.54 Å². The molecule has 154 valence electrons. The van der Waals surface area contributed by atoms with Crippen LogP contribution in [0.2, 0.25) is 10.0 Å². The van der Waals surface area contributed by atoms with Crippen LogP contribution in [-0.4, -0.2) is 42.5 Å². The van der Waals surface area contributed by atoms with Crippen molar-refractivity contribution >= 4 is 35.1 Å². The fraction of sp³-hybridized carbons (Fsp3) is 0.579. The van der Waals surface area contributed by atoms with Crippen LogP contribution >= 0.6 is 23.2 Å². The van der Waals surface area contributed by atoms with E-state index in [0.29, 0.717) is 10.0 Å². The summed E-state index contributed by atoms with van der Waals surface area (Å²) in [5.41, 5.74) is 3.00. The third kappa shape index (κ3) is 3.28. The number of nitrogens with two attached hydrogens (primary N) is 1. The summed E-state index contributed by atoms with van der Waals surface area (Å²) < 4.78 is 31.0. The van der Waals surface area contributed by atoms with Gasteiger partial charge in [-0.2, -0.15) is 0 Å². The lowest BCUT2D eigenvalue weighted by atomic mass is 9.87. The summed E-state index contributed by atoms with van der Waals surface area (Å²) in [5.74, 6) is -3.57. The first-order valence-electron chi connectivity index (χ1n) is 9.08. The number of alkyl halides is 1. The quantitative estimate of drug-likeness (QED) is 0.664. The number of ether oxygens (including phenoxy) is 3. The minimum Gasteiger partial charge on any atom is -0.465 e. The summed E-state index contributed by atoms with van der Waals surface area (Å²) in [5, 5.41) is 0.774. The zero-order valence-corrected chi connectivity index (χ0v) is 17.1. The van der Waals surface area contributed by atoms with Crippen molar-refractivity contribution < 1.29 is 28.2 Å². The Morgan fingerprint density at radius 3 is 2.43 bits per heavy atom. The minimum absolute atomic E-state index is 0.0399. The van der Waals surface area contributed by atoms with Crippen LogP contribution in [0.5, 0.6) is 0 Å². The lowest BCUT2D eigenvalue weighted by Gasteiger charge is -2.33. The number of carbonyl (C=O) groups excluding carboxylic acids is 2. The van der Waals surface area contributed by atoms with Gasteiger partial charge in [0.15, 0.2) is 0 Å². The molecule has 28 heavy (non-hydrogen) atoms. The molecular formula is C19H22Cl2FNO5. The number of rotatable bonds is 7. The van der Waals surface area contributed by atoms with Crippen LogP contribution < -0.4 is 5.73 Å². The Kier molecular flexibility index (Phi) is 5.92. The Bertz CT molecular complexity index is 794. The van der Waals surface area contributed by atoms with Crippen molar-refractivity contribution in [1.29, 1.82) is 0 Å². The Balaban J connectivity index is 1.79. The fourth-order valence-electron chi connectivity index (χ4n) is 4.11. The third-order valence-electron chi connectivity index (χ3n) is 5.45. The van der Waals surface area contributed by atoms with Crippen molar-refractivity contribution in [2.75, 3.05) is 13.2 Å². The molecule has 2 saturated carbocycles. The molecule has 2 fully saturated rings. The predicted octanol–water partition coefficient (Wildman–Crippen LogP) is 3.06. The van der Waals surface area contributed by atoms with Gasteiger partial charge in [-0.15, -0.1) is 0 Å². The van der Waals surface area contributed by atoms with Crippen LogP contribution in [0.25, 0.3) is 0 Å². The molecule has 0 saturated heterocycles. The maximum absolute atomic E-state index is 15.3. The van der Waals surface area contributed by atoms with E-state index in [1.54, 1.807) is 32.0 Å². The highest BCUT2D eigenvalue weighted by Crippen LogP contribution is 2.67. The number of esters is 2. The molecule has 2 aliphatic carbocycles. The van der Waals surface area contributed by atoms with Crippen molar-refractivity contribution in [2.24, 2.45) is 17.6 Å². The highest BCUT2D eigenvalue weighted by molar-refractivity contribution is 6.42. The molecule has 1 aromatic carbocycles. The number of halogens is 3. The predicted molar refractivity (Wildman–Crippen MR) is 101 cm³/mol. The first-order chi connectivity index (χ1) is 13.2. The molecule has 0 aromatic heterocycles. The van der Waals surface area contributed by atoms with Gasteiger partial charge in [0.2, 0.25) is 5.67 Å². The zero-order valence-electron chi connectivity index (χ0n) is 15.5. The van der Waals surface area contributed by atoms with Gasteiger partial charge < -0.3 is 19.9 Å². The Hall–Kier alpha value is -1.41. The molecule has 2 aliphatic rings. The van der Waals surface area contributed by atoms with E-state index in [9.17, 15) is 9.59 Å². The van der Waals surface area contributed by atoms with Gasteiger partial charge in [-0.3, -0.25) is 0 Å². The number of fused-ring (bicyclic) bond motifs is 1. The van der Waals surface area contributed by atoms with Gasteiger partial charge in [0.25, 0.3) is 0 Å². The van der Waals surface area contributed by atoms with Gasteiger partial charge in [-0.25, -0.2) is 14.0 Å². The van der Waals surface area contributed by atoms with E-state index in [4.69, 9.17) is 43.1 Å². The molecule has 0 aliphatic heterocycles. The number of hydrogen-bond donors (Lipinski definition) is 1. The van der Waals surface area contributed by atoms with Crippen molar-refractivity contribution in [1.82, 2.24) is 0 Å². The molecule has 2 N–H and O–H groups in total. The van der Waals surface area contributed by atoms with Gasteiger partial charge in [-0.1, -0.05) is 29.3 Å². The van der Waals surface area contributed by atoms with Crippen molar-refractivity contribution in [2.45, 2.75) is 44.2 Å². The molecule has 6 nitrogen and oxygen atoms in total. The van der Waals surface area contributed by atoms with Crippen molar-refractivity contribution in [3.05, 3.63) is 33.8 Å². The van der Waals surface area contributed by atoms with Gasteiger partial charge in [0, 0.05) is 11.8 Å². The smallest absolute Gasteiger partial charge is 0.344 e. The SMILES string of the molecule is CCOC(=O)C1(N)C(OCc2ccc(Cl)c(Cl)c2)C[C@@H]2C1[C@@]2(F)C(=O)OCC. The maximum Gasteiger partial charge on any atom is 0.344 e. The molecule has 3 rings (SSSR count). The lowest BCUT2D eigenvalue weighted by molar-refractivity contribution is -0.163. The first-order valence-corrected chi connectivity index (χ1v) is 9.84. The molecule has 0 bridgehead atoms. The summed E-state index contributed by atoms with van der Waals surface area (Å²) in [6, 6.07) is 4.99. The zero-order chi connectivity index (χ0) is 20.7. The summed E-state index contributed by atoms with van der Waals surface area (Å²) >= 11 is 11.9. The van der Waals surface area contributed by atoms with Crippen LogP contribution in [0.1, 0.15) is 25.8 Å². The van der Waals surface area contributed by atoms with Crippen LogP contribution in [0.15, 0.2) is 18.2 Å². The van der Waals surface area contributed by atoms with Crippen LogP contribution in [0.4, 0.5) is 4.39 Å². The first kappa shape index (κ1) is 21.3. The van der Waals surface area contributed by atoms with Crippen LogP contribution in [-0.2, 0) is 30.4 Å². The molecular weight excluding hydrogens is 412 g/mol. The highest BCUT2D eigenvalue weighted by Gasteiger charge is 2.85. The monoisotopic (exact) mass is 433 g/mol. The largest absolute Gasteiger partial charge is 0.465 e. The molecule has 9 heteroatoms. The molecule has 0 heterocycles. The average Bonchev–Trinajstić information content (AvgIpc) is 3.13. The van der Waals surface area contributed by atoms with E-state index in [1.807, 2.05) is 0 Å². The second kappa shape index (κ2) is 7.78. The van der Waals surface area contributed by atoms with E-state index in [-0.39, 0.29) is 26.2 Å². The number of carbonyl (C=O) groups is 2. The summed E-state index contributed by atoms with van der Waals surface area (Å²) in [6.45, 7) is 3.42. The molecule has 1 aromatic rings. The molecule has 0 radical (unpaired) electrons. The standard InChI is InChI=1S/C19H22Cl2FNO5/c1-3-26-16(24)18(22)11-8-14(19(23,15(11)18)17(25)27-4-2)28-9-10-5-6-12(20)13(21)7-10/h5-7,11,14-15H,3-4,8-9,23H2,1-2H3/t11-,14?,15?,18-,19?/m1/s1. The van der Waals surface area contributed by atoms with Crippen molar-refractivity contribution in [3.63, 3.8) is 0 Å².